The fourth-order valence-electron chi connectivity index (χ4n) is 1.33. The molecule has 1 aromatic carbocycles. The molecule has 2 rings (SSSR count). The zero-order valence-electron chi connectivity index (χ0n) is 8.97. The Morgan fingerprint density at radius 2 is 1.53 bits per heavy atom. The van der Waals surface area contributed by atoms with Crippen LogP contribution in [0.25, 0.3) is 11.4 Å². The lowest BCUT2D eigenvalue weighted by Crippen LogP contribution is -2.06. The number of hydrogen-bond donors (Lipinski definition) is 0. The highest BCUT2D eigenvalue weighted by Gasteiger charge is 2.31. The minimum Gasteiger partial charge on any atom is -0.236 e. The fraction of sp³-hybridized carbons (Fsp3) is 0.0909. The summed E-state index contributed by atoms with van der Waals surface area (Å²) < 4.78 is 37.1. The Morgan fingerprint density at radius 3 is 2.05 bits per heavy atom. The van der Waals surface area contributed by atoms with Crippen molar-refractivity contribution in [3.8, 4) is 11.4 Å². The van der Waals surface area contributed by atoms with Crippen LogP contribution >= 0.6 is 34.8 Å². The Morgan fingerprint density at radius 1 is 0.947 bits per heavy atom. The molecule has 0 saturated heterocycles. The molecule has 0 aliphatic rings. The van der Waals surface area contributed by atoms with Crippen molar-refractivity contribution >= 4 is 34.8 Å². The van der Waals surface area contributed by atoms with Crippen molar-refractivity contribution in [3.05, 3.63) is 45.2 Å². The highest BCUT2D eigenvalue weighted by atomic mass is 35.5. The van der Waals surface area contributed by atoms with E-state index in [0.717, 1.165) is 0 Å². The van der Waals surface area contributed by atoms with Gasteiger partial charge in [-0.25, -0.2) is 9.97 Å². The predicted octanol–water partition coefficient (Wildman–Crippen LogP) is 5.12. The third kappa shape index (κ3) is 3.11. The fourth-order valence-corrected chi connectivity index (χ4v) is 2.02. The van der Waals surface area contributed by atoms with Gasteiger partial charge < -0.3 is 0 Å². The van der Waals surface area contributed by atoms with Gasteiger partial charge in [0.25, 0.3) is 0 Å². The molecule has 0 spiro atoms. The molecule has 0 radical (unpaired) electrons. The summed E-state index contributed by atoms with van der Waals surface area (Å²) in [5, 5.41) is 0.589. The lowest BCUT2D eigenvalue weighted by Gasteiger charge is -2.08. The first-order valence-corrected chi connectivity index (χ1v) is 5.96. The maximum absolute atomic E-state index is 12.4. The van der Waals surface area contributed by atoms with Gasteiger partial charge >= 0.3 is 6.18 Å². The van der Waals surface area contributed by atoms with Crippen LogP contribution in [0.5, 0.6) is 0 Å². The molecule has 0 saturated carbocycles. The van der Waals surface area contributed by atoms with Crippen molar-refractivity contribution < 1.29 is 13.2 Å². The molecule has 0 bridgehead atoms. The quantitative estimate of drug-likeness (QED) is 0.679. The van der Waals surface area contributed by atoms with Gasteiger partial charge in [0.05, 0.1) is 15.6 Å². The van der Waals surface area contributed by atoms with Crippen LogP contribution in [0.15, 0.2) is 24.5 Å². The molecule has 0 unspecified atom stereocenters. The summed E-state index contributed by atoms with van der Waals surface area (Å²) in [5.41, 5.74) is -0.673. The summed E-state index contributed by atoms with van der Waals surface area (Å²) in [7, 11) is 0. The van der Waals surface area contributed by atoms with Crippen molar-refractivity contribution in [2.45, 2.75) is 6.18 Å². The Balaban J connectivity index is 2.49. The number of hydrogen-bond acceptors (Lipinski definition) is 2. The Hall–Kier alpha value is -1.04. The molecule has 0 fully saturated rings. The van der Waals surface area contributed by atoms with Gasteiger partial charge in [-0.2, -0.15) is 13.2 Å². The maximum Gasteiger partial charge on any atom is 0.419 e. The molecule has 19 heavy (non-hydrogen) atoms. The van der Waals surface area contributed by atoms with Crippen molar-refractivity contribution in [1.82, 2.24) is 9.97 Å². The Kier molecular flexibility index (Phi) is 3.90. The number of halogens is 6. The first-order valence-electron chi connectivity index (χ1n) is 4.83. The number of nitrogens with zero attached hydrogens (tertiary/aromatic N) is 2. The number of rotatable bonds is 1. The van der Waals surface area contributed by atoms with E-state index in [1.54, 1.807) is 0 Å². The zero-order chi connectivity index (χ0) is 14.2. The van der Waals surface area contributed by atoms with E-state index in [-0.39, 0.29) is 26.5 Å². The van der Waals surface area contributed by atoms with Crippen LogP contribution in [0.1, 0.15) is 5.56 Å². The summed E-state index contributed by atoms with van der Waals surface area (Å²) in [6.45, 7) is 0. The van der Waals surface area contributed by atoms with Gasteiger partial charge in [-0.1, -0.05) is 34.8 Å². The summed E-state index contributed by atoms with van der Waals surface area (Å²) in [5.74, 6) is 0.0161. The molecule has 1 aromatic heterocycles. The minimum atomic E-state index is -4.49. The van der Waals surface area contributed by atoms with E-state index in [1.807, 2.05) is 0 Å². The monoisotopic (exact) mass is 326 g/mol. The summed E-state index contributed by atoms with van der Waals surface area (Å²) in [6.07, 6.45) is -3.14. The van der Waals surface area contributed by atoms with E-state index < -0.39 is 11.7 Å². The van der Waals surface area contributed by atoms with Crippen LogP contribution in [0, 0.1) is 0 Å². The van der Waals surface area contributed by atoms with Crippen molar-refractivity contribution in [2.75, 3.05) is 0 Å². The van der Waals surface area contributed by atoms with E-state index in [0.29, 0.717) is 12.4 Å². The Bertz CT molecular complexity index is 612. The second-order valence-corrected chi connectivity index (χ2v) is 4.76. The third-order valence-corrected chi connectivity index (χ3v) is 3.23. The number of aromatic nitrogens is 2. The van der Waals surface area contributed by atoms with Gasteiger partial charge in [0.15, 0.2) is 5.82 Å². The van der Waals surface area contributed by atoms with Crippen LogP contribution < -0.4 is 0 Å². The molecular weight excluding hydrogens is 323 g/mol. The molecule has 1 heterocycles. The summed E-state index contributed by atoms with van der Waals surface area (Å²) >= 11 is 17.6. The molecule has 2 aromatic rings. The molecule has 0 amide bonds. The molecule has 0 N–H and O–H groups in total. The van der Waals surface area contributed by atoms with Crippen molar-refractivity contribution in [3.63, 3.8) is 0 Å². The summed E-state index contributed by atoms with van der Waals surface area (Å²) in [4.78, 5) is 7.25. The van der Waals surface area contributed by atoms with Crippen LogP contribution in [0.4, 0.5) is 13.2 Å². The largest absolute Gasteiger partial charge is 0.419 e. The molecular formula is C11H4Cl3F3N2. The first-order chi connectivity index (χ1) is 8.79. The molecule has 0 aliphatic carbocycles. The second kappa shape index (κ2) is 5.15. The third-order valence-electron chi connectivity index (χ3n) is 2.21. The van der Waals surface area contributed by atoms with E-state index in [9.17, 15) is 13.2 Å². The van der Waals surface area contributed by atoms with Crippen LogP contribution in [0.3, 0.4) is 0 Å². The highest BCUT2D eigenvalue weighted by Crippen LogP contribution is 2.35. The zero-order valence-corrected chi connectivity index (χ0v) is 11.2. The smallest absolute Gasteiger partial charge is 0.236 e. The predicted molar refractivity (Wildman–Crippen MR) is 67.5 cm³/mol. The van der Waals surface area contributed by atoms with Crippen LogP contribution in [-0.4, -0.2) is 9.97 Å². The average molecular weight is 328 g/mol. The number of benzene rings is 1. The Labute approximate surface area is 121 Å². The van der Waals surface area contributed by atoms with E-state index in [2.05, 4.69) is 9.97 Å². The molecule has 100 valence electrons. The van der Waals surface area contributed by atoms with E-state index in [4.69, 9.17) is 34.8 Å². The molecule has 8 heteroatoms. The van der Waals surface area contributed by atoms with Crippen LogP contribution in [-0.2, 0) is 6.18 Å². The highest BCUT2D eigenvalue weighted by molar-refractivity contribution is 6.44. The maximum atomic E-state index is 12.4. The van der Waals surface area contributed by atoms with Crippen LogP contribution in [0.2, 0.25) is 15.1 Å². The lowest BCUT2D eigenvalue weighted by atomic mass is 10.2. The average Bonchev–Trinajstić information content (AvgIpc) is 2.33. The topological polar surface area (TPSA) is 25.8 Å². The van der Waals surface area contributed by atoms with Gasteiger partial charge in [0.2, 0.25) is 0 Å². The van der Waals surface area contributed by atoms with Gasteiger partial charge in [0, 0.05) is 23.0 Å². The second-order valence-electron chi connectivity index (χ2n) is 3.54. The van der Waals surface area contributed by atoms with Gasteiger partial charge in [-0.3, -0.25) is 0 Å². The SMILES string of the molecule is FC(F)(F)c1cnc(-c2cc(Cl)cc(Cl)c2Cl)nc1. The van der Waals surface area contributed by atoms with Gasteiger partial charge in [0.1, 0.15) is 0 Å². The van der Waals surface area contributed by atoms with Crippen molar-refractivity contribution in [2.24, 2.45) is 0 Å². The summed E-state index contributed by atoms with van der Waals surface area (Å²) in [6, 6.07) is 2.84. The molecule has 0 atom stereocenters. The lowest BCUT2D eigenvalue weighted by molar-refractivity contribution is -0.138. The first kappa shape index (κ1) is 14.4. The van der Waals surface area contributed by atoms with Gasteiger partial charge in [-0.05, 0) is 12.1 Å². The van der Waals surface area contributed by atoms with E-state index in [1.165, 1.54) is 12.1 Å². The molecule has 2 nitrogen and oxygen atoms in total. The normalized spacial score (nSPS) is 11.7. The minimum absolute atomic E-state index is 0.0161. The molecule has 0 aliphatic heterocycles. The standard InChI is InChI=1S/C11H4Cl3F3N2/c12-6-1-7(9(14)8(13)2-6)10-18-3-5(4-19-10)11(15,16)17/h1-4H. The van der Waals surface area contributed by atoms with Crippen molar-refractivity contribution in [1.29, 1.82) is 0 Å². The van der Waals surface area contributed by atoms with Gasteiger partial charge in [-0.15, -0.1) is 0 Å². The number of alkyl halides is 3. The van der Waals surface area contributed by atoms with E-state index >= 15 is 0 Å².